The first-order chi connectivity index (χ1) is 9.35. The molecule has 0 spiro atoms. The SMILES string of the molecule is CCCNC(c1cncc(OCC)c1)c1ncn[nH]1. The van der Waals surface area contributed by atoms with Gasteiger partial charge in [0.05, 0.1) is 18.8 Å². The molecule has 0 aliphatic heterocycles. The average Bonchev–Trinajstić information content (AvgIpc) is 2.94. The maximum absolute atomic E-state index is 5.48. The van der Waals surface area contributed by atoms with E-state index >= 15 is 0 Å². The lowest BCUT2D eigenvalue weighted by molar-refractivity contribution is 0.338. The molecule has 0 bridgehead atoms. The molecule has 0 amide bonds. The van der Waals surface area contributed by atoms with Gasteiger partial charge in [-0.2, -0.15) is 5.10 Å². The van der Waals surface area contributed by atoms with Crippen molar-refractivity contribution < 1.29 is 4.74 Å². The fourth-order valence-corrected chi connectivity index (χ4v) is 1.85. The molecule has 0 saturated carbocycles. The fraction of sp³-hybridized carbons (Fsp3) is 0.462. The van der Waals surface area contributed by atoms with E-state index in [1.807, 2.05) is 19.2 Å². The number of nitrogens with one attached hydrogen (secondary N) is 2. The van der Waals surface area contributed by atoms with Crippen molar-refractivity contribution in [2.45, 2.75) is 26.3 Å². The van der Waals surface area contributed by atoms with Gasteiger partial charge in [0.1, 0.15) is 17.9 Å². The standard InChI is InChI=1S/C13H19N5O/c1-3-5-15-12(13-16-9-17-18-13)10-6-11(19-4-2)8-14-7-10/h6-9,12,15H,3-5H2,1-2H3,(H,16,17,18). The molecule has 102 valence electrons. The minimum Gasteiger partial charge on any atom is -0.492 e. The van der Waals surface area contributed by atoms with Gasteiger partial charge in [-0.25, -0.2) is 4.98 Å². The minimum atomic E-state index is -0.0460. The largest absolute Gasteiger partial charge is 0.492 e. The van der Waals surface area contributed by atoms with Crippen molar-refractivity contribution in [1.82, 2.24) is 25.5 Å². The van der Waals surface area contributed by atoms with Crippen LogP contribution in [0.15, 0.2) is 24.8 Å². The molecule has 2 heterocycles. The third-order valence-corrected chi connectivity index (χ3v) is 2.68. The molecule has 0 saturated heterocycles. The normalized spacial score (nSPS) is 12.3. The van der Waals surface area contributed by atoms with Gasteiger partial charge >= 0.3 is 0 Å². The van der Waals surface area contributed by atoms with Crippen LogP contribution in [0.5, 0.6) is 5.75 Å². The molecule has 2 aromatic heterocycles. The molecule has 0 fully saturated rings. The number of aromatic nitrogens is 4. The molecule has 0 radical (unpaired) electrons. The van der Waals surface area contributed by atoms with E-state index in [-0.39, 0.29) is 6.04 Å². The molecule has 6 heteroatoms. The molecule has 2 aromatic rings. The van der Waals surface area contributed by atoms with Crippen LogP contribution in [0.1, 0.15) is 37.7 Å². The smallest absolute Gasteiger partial charge is 0.146 e. The second kappa shape index (κ2) is 6.84. The summed E-state index contributed by atoms with van der Waals surface area (Å²) in [7, 11) is 0. The Morgan fingerprint density at radius 1 is 1.37 bits per heavy atom. The second-order valence-electron chi connectivity index (χ2n) is 4.14. The summed E-state index contributed by atoms with van der Waals surface area (Å²) >= 11 is 0. The summed E-state index contributed by atoms with van der Waals surface area (Å²) in [6.45, 7) is 5.60. The quantitative estimate of drug-likeness (QED) is 0.793. The molecule has 0 aliphatic carbocycles. The zero-order valence-corrected chi connectivity index (χ0v) is 11.3. The van der Waals surface area contributed by atoms with E-state index in [4.69, 9.17) is 4.74 Å². The Morgan fingerprint density at radius 3 is 2.95 bits per heavy atom. The molecule has 2 rings (SSSR count). The van der Waals surface area contributed by atoms with E-state index < -0.39 is 0 Å². The summed E-state index contributed by atoms with van der Waals surface area (Å²) < 4.78 is 5.48. The van der Waals surface area contributed by atoms with Crippen molar-refractivity contribution in [3.63, 3.8) is 0 Å². The first kappa shape index (κ1) is 13.5. The summed E-state index contributed by atoms with van der Waals surface area (Å²) in [5.74, 6) is 1.55. The van der Waals surface area contributed by atoms with Crippen molar-refractivity contribution in [2.75, 3.05) is 13.2 Å². The predicted molar refractivity (Wildman–Crippen MR) is 71.9 cm³/mol. The fourth-order valence-electron chi connectivity index (χ4n) is 1.85. The van der Waals surface area contributed by atoms with Gasteiger partial charge < -0.3 is 10.1 Å². The number of ether oxygens (including phenoxy) is 1. The molecular formula is C13H19N5O. The first-order valence-corrected chi connectivity index (χ1v) is 6.51. The highest BCUT2D eigenvalue weighted by atomic mass is 16.5. The zero-order valence-electron chi connectivity index (χ0n) is 11.3. The predicted octanol–water partition coefficient (Wildman–Crippen LogP) is 1.69. The molecule has 2 N–H and O–H groups in total. The summed E-state index contributed by atoms with van der Waals surface area (Å²) in [6, 6.07) is 1.93. The number of H-pyrrole nitrogens is 1. The lowest BCUT2D eigenvalue weighted by Crippen LogP contribution is -2.24. The summed E-state index contributed by atoms with van der Waals surface area (Å²) in [4.78, 5) is 8.44. The highest BCUT2D eigenvalue weighted by Gasteiger charge is 2.17. The lowest BCUT2D eigenvalue weighted by atomic mass is 10.1. The number of hydrogen-bond acceptors (Lipinski definition) is 5. The Balaban J connectivity index is 2.24. The third-order valence-electron chi connectivity index (χ3n) is 2.68. The minimum absolute atomic E-state index is 0.0460. The Kier molecular flexibility index (Phi) is 4.85. The van der Waals surface area contributed by atoms with Crippen LogP contribution in [0.3, 0.4) is 0 Å². The van der Waals surface area contributed by atoms with Crippen molar-refractivity contribution in [1.29, 1.82) is 0 Å². The van der Waals surface area contributed by atoms with Gasteiger partial charge in [0.25, 0.3) is 0 Å². The van der Waals surface area contributed by atoms with Gasteiger partial charge in [-0.1, -0.05) is 6.92 Å². The Bertz CT molecular complexity index is 486. The van der Waals surface area contributed by atoms with Crippen LogP contribution >= 0.6 is 0 Å². The topological polar surface area (TPSA) is 75.7 Å². The number of rotatable bonds is 7. The lowest BCUT2D eigenvalue weighted by Gasteiger charge is -2.16. The van der Waals surface area contributed by atoms with Crippen LogP contribution in [0.4, 0.5) is 0 Å². The highest BCUT2D eigenvalue weighted by Crippen LogP contribution is 2.21. The number of aromatic amines is 1. The van der Waals surface area contributed by atoms with E-state index in [0.717, 1.165) is 30.1 Å². The molecule has 0 aliphatic rings. The monoisotopic (exact) mass is 261 g/mol. The van der Waals surface area contributed by atoms with Crippen molar-refractivity contribution in [3.05, 3.63) is 36.2 Å². The van der Waals surface area contributed by atoms with Crippen LogP contribution in [-0.4, -0.2) is 33.3 Å². The summed E-state index contributed by atoms with van der Waals surface area (Å²) in [5, 5.41) is 10.2. The maximum atomic E-state index is 5.48. The van der Waals surface area contributed by atoms with Crippen molar-refractivity contribution in [3.8, 4) is 5.75 Å². The Labute approximate surface area is 112 Å². The summed E-state index contributed by atoms with van der Waals surface area (Å²) in [6.07, 6.45) is 6.08. The van der Waals surface area contributed by atoms with Gasteiger partial charge in [0.15, 0.2) is 0 Å². The average molecular weight is 261 g/mol. The van der Waals surface area contributed by atoms with E-state index in [2.05, 4.69) is 32.4 Å². The molecule has 6 nitrogen and oxygen atoms in total. The van der Waals surface area contributed by atoms with E-state index in [9.17, 15) is 0 Å². The zero-order chi connectivity index (χ0) is 13.5. The van der Waals surface area contributed by atoms with Crippen molar-refractivity contribution in [2.24, 2.45) is 0 Å². The van der Waals surface area contributed by atoms with Crippen LogP contribution in [-0.2, 0) is 0 Å². The molecule has 19 heavy (non-hydrogen) atoms. The summed E-state index contributed by atoms with van der Waals surface area (Å²) in [5.41, 5.74) is 1.01. The molecular weight excluding hydrogens is 242 g/mol. The van der Waals surface area contributed by atoms with Gasteiger partial charge in [-0.05, 0) is 31.5 Å². The molecule has 0 aromatic carbocycles. The Hall–Kier alpha value is -1.95. The first-order valence-electron chi connectivity index (χ1n) is 6.51. The molecule has 1 atom stereocenters. The van der Waals surface area contributed by atoms with Crippen LogP contribution in [0.25, 0.3) is 0 Å². The van der Waals surface area contributed by atoms with E-state index in [1.165, 1.54) is 6.33 Å². The van der Waals surface area contributed by atoms with Gasteiger partial charge in [0, 0.05) is 6.20 Å². The van der Waals surface area contributed by atoms with E-state index in [1.54, 1.807) is 6.20 Å². The van der Waals surface area contributed by atoms with E-state index in [0.29, 0.717) is 6.61 Å². The number of nitrogens with zero attached hydrogens (tertiary/aromatic N) is 3. The third kappa shape index (κ3) is 3.51. The van der Waals surface area contributed by atoms with Gasteiger partial charge in [-0.3, -0.25) is 10.1 Å². The number of hydrogen-bond donors (Lipinski definition) is 2. The van der Waals surface area contributed by atoms with Gasteiger partial charge in [0.2, 0.25) is 0 Å². The van der Waals surface area contributed by atoms with Crippen LogP contribution in [0.2, 0.25) is 0 Å². The highest BCUT2D eigenvalue weighted by molar-refractivity contribution is 5.29. The van der Waals surface area contributed by atoms with Crippen LogP contribution in [0, 0.1) is 0 Å². The number of pyridine rings is 1. The maximum Gasteiger partial charge on any atom is 0.146 e. The molecule has 1 unspecified atom stereocenters. The van der Waals surface area contributed by atoms with Crippen LogP contribution < -0.4 is 10.1 Å². The van der Waals surface area contributed by atoms with Crippen molar-refractivity contribution >= 4 is 0 Å². The Morgan fingerprint density at radius 2 is 2.26 bits per heavy atom. The second-order valence-corrected chi connectivity index (χ2v) is 4.14. The van der Waals surface area contributed by atoms with Gasteiger partial charge in [-0.15, -0.1) is 0 Å².